The summed E-state index contributed by atoms with van der Waals surface area (Å²) in [6, 6.07) is 17.4. The van der Waals surface area contributed by atoms with Crippen LogP contribution in [0, 0.1) is 0 Å². The summed E-state index contributed by atoms with van der Waals surface area (Å²) in [5.74, 6) is 0. The van der Waals surface area contributed by atoms with E-state index >= 15 is 0 Å². The zero-order valence-electron chi connectivity index (χ0n) is 18.5. The fourth-order valence-electron chi connectivity index (χ4n) is 4.06. The first-order valence-electron chi connectivity index (χ1n) is 10.4. The van der Waals surface area contributed by atoms with Crippen LogP contribution in [-0.4, -0.2) is 36.3 Å². The van der Waals surface area contributed by atoms with Crippen LogP contribution < -0.4 is 10.6 Å². The van der Waals surface area contributed by atoms with E-state index in [-0.39, 0.29) is 4.90 Å². The van der Waals surface area contributed by atoms with Gasteiger partial charge in [0.25, 0.3) is 0 Å². The van der Waals surface area contributed by atoms with E-state index in [1.807, 2.05) is 25.4 Å². The van der Waals surface area contributed by atoms with Gasteiger partial charge in [-0.25, -0.2) is 8.42 Å². The zero-order chi connectivity index (χ0) is 23.2. The molecule has 33 heavy (non-hydrogen) atoms. The summed E-state index contributed by atoms with van der Waals surface area (Å²) in [6.07, 6.45) is 6.57. The van der Waals surface area contributed by atoms with Gasteiger partial charge in [-0.1, -0.05) is 12.1 Å². The number of nitrogens with zero attached hydrogens (tertiary/aromatic N) is 3. The molecule has 3 aromatic carbocycles. The van der Waals surface area contributed by atoms with E-state index in [9.17, 15) is 8.42 Å². The van der Waals surface area contributed by atoms with Crippen LogP contribution >= 0.6 is 0 Å². The average Bonchev–Trinajstić information content (AvgIpc) is 3.17. The van der Waals surface area contributed by atoms with Crippen LogP contribution in [0.3, 0.4) is 0 Å². The molecule has 0 saturated carbocycles. The fraction of sp³-hybridized carbons (Fsp3) is 0.120. The van der Waals surface area contributed by atoms with E-state index in [2.05, 4.69) is 49.4 Å². The lowest BCUT2D eigenvalue weighted by atomic mass is 10.0. The van der Waals surface area contributed by atoms with Crippen molar-refractivity contribution in [2.75, 3.05) is 23.9 Å². The predicted molar refractivity (Wildman–Crippen MR) is 134 cm³/mol. The van der Waals surface area contributed by atoms with Crippen molar-refractivity contribution in [2.24, 2.45) is 7.05 Å². The topological polar surface area (TPSA) is 88.9 Å². The molecule has 0 aliphatic carbocycles. The van der Waals surface area contributed by atoms with Gasteiger partial charge in [0.2, 0.25) is 0 Å². The molecule has 0 unspecified atom stereocenters. The second-order valence-electron chi connectivity index (χ2n) is 8.01. The normalized spacial score (nSPS) is 11.7. The first-order chi connectivity index (χ1) is 15.8. The number of aryl methyl sites for hydroxylation is 1. The lowest BCUT2D eigenvalue weighted by molar-refractivity contribution is 0.602. The van der Waals surface area contributed by atoms with Crippen molar-refractivity contribution in [1.29, 1.82) is 0 Å². The summed E-state index contributed by atoms with van der Waals surface area (Å²) in [5, 5.41) is 7.53. The number of hydrogen-bond acceptors (Lipinski definition) is 6. The number of sulfone groups is 1. The predicted octanol–water partition coefficient (Wildman–Crippen LogP) is 4.98. The van der Waals surface area contributed by atoms with Crippen molar-refractivity contribution < 1.29 is 8.42 Å². The Labute approximate surface area is 192 Å². The monoisotopic (exact) mass is 457 g/mol. The van der Waals surface area contributed by atoms with Crippen molar-refractivity contribution in [3.05, 3.63) is 73.2 Å². The Balaban J connectivity index is 1.69. The summed E-state index contributed by atoms with van der Waals surface area (Å²) in [4.78, 5) is 9.31. The lowest BCUT2D eigenvalue weighted by Gasteiger charge is -2.15. The summed E-state index contributed by atoms with van der Waals surface area (Å²) in [6.45, 7) is 0. The molecule has 8 heteroatoms. The standard InChI is InChI=1S/C25H23N5O2S/c1-26-18-6-7-24(33(3,31)32)21(14-18)29-19-13-20(25-22(15-19)27-9-10-28-25)17-5-4-16-8-11-30(2)23(16)12-17/h4-15,26,29H,1-3H3. The van der Waals surface area contributed by atoms with Gasteiger partial charge in [0, 0.05) is 61.4 Å². The maximum Gasteiger partial charge on any atom is 0.177 e. The molecule has 0 bridgehead atoms. The molecule has 0 radical (unpaired) electrons. The molecule has 5 aromatic rings. The van der Waals surface area contributed by atoms with Gasteiger partial charge in [-0.2, -0.15) is 0 Å². The van der Waals surface area contributed by atoms with Gasteiger partial charge in [0.1, 0.15) is 0 Å². The van der Waals surface area contributed by atoms with E-state index in [0.29, 0.717) is 5.69 Å². The quantitative estimate of drug-likeness (QED) is 0.387. The van der Waals surface area contributed by atoms with Crippen LogP contribution in [0.4, 0.5) is 17.1 Å². The van der Waals surface area contributed by atoms with Crippen molar-refractivity contribution in [2.45, 2.75) is 4.90 Å². The van der Waals surface area contributed by atoms with Crippen LogP contribution in [0.1, 0.15) is 0 Å². The molecule has 0 fully saturated rings. The van der Waals surface area contributed by atoms with Gasteiger partial charge >= 0.3 is 0 Å². The molecule has 166 valence electrons. The minimum Gasteiger partial charge on any atom is -0.388 e. The van der Waals surface area contributed by atoms with Crippen LogP contribution in [0.5, 0.6) is 0 Å². The molecule has 0 aliphatic heterocycles. The van der Waals surface area contributed by atoms with Gasteiger partial charge in [-0.15, -0.1) is 0 Å². The third-order valence-corrected chi connectivity index (χ3v) is 6.87. The van der Waals surface area contributed by atoms with Gasteiger partial charge in [-0.05, 0) is 53.4 Å². The second kappa shape index (κ2) is 7.90. The summed E-state index contributed by atoms with van der Waals surface area (Å²) >= 11 is 0. The molecule has 5 rings (SSSR count). The van der Waals surface area contributed by atoms with E-state index in [4.69, 9.17) is 0 Å². The van der Waals surface area contributed by atoms with Gasteiger partial charge in [0.15, 0.2) is 9.84 Å². The summed E-state index contributed by atoms with van der Waals surface area (Å²) in [7, 11) is 0.385. The molecular weight excluding hydrogens is 434 g/mol. The number of benzene rings is 3. The third kappa shape index (κ3) is 3.89. The SMILES string of the molecule is CNc1ccc(S(C)(=O)=O)c(Nc2cc(-c3ccc4ccn(C)c4c3)c3nccnc3c2)c1. The number of nitrogens with one attached hydrogen (secondary N) is 2. The Morgan fingerprint density at radius 2 is 1.73 bits per heavy atom. The van der Waals surface area contributed by atoms with E-state index in [0.717, 1.165) is 44.4 Å². The molecule has 0 spiro atoms. The van der Waals surface area contributed by atoms with Crippen LogP contribution in [0.2, 0.25) is 0 Å². The maximum absolute atomic E-state index is 12.4. The highest BCUT2D eigenvalue weighted by atomic mass is 32.2. The minimum absolute atomic E-state index is 0.229. The average molecular weight is 458 g/mol. The largest absolute Gasteiger partial charge is 0.388 e. The molecule has 7 nitrogen and oxygen atoms in total. The van der Waals surface area contributed by atoms with Crippen LogP contribution in [-0.2, 0) is 16.9 Å². The Bertz CT molecular complexity index is 1620. The first kappa shape index (κ1) is 21.0. The Morgan fingerprint density at radius 1 is 0.909 bits per heavy atom. The summed E-state index contributed by atoms with van der Waals surface area (Å²) in [5.41, 5.74) is 6.56. The smallest absolute Gasteiger partial charge is 0.177 e. The second-order valence-corrected chi connectivity index (χ2v) is 9.99. The lowest BCUT2D eigenvalue weighted by Crippen LogP contribution is -2.04. The molecule has 2 heterocycles. The van der Waals surface area contributed by atoms with E-state index in [1.54, 1.807) is 37.6 Å². The maximum atomic E-state index is 12.4. The van der Waals surface area contributed by atoms with Crippen molar-refractivity contribution in [1.82, 2.24) is 14.5 Å². The van der Waals surface area contributed by atoms with Crippen molar-refractivity contribution in [3.63, 3.8) is 0 Å². The van der Waals surface area contributed by atoms with E-state index in [1.165, 1.54) is 6.26 Å². The van der Waals surface area contributed by atoms with Crippen molar-refractivity contribution in [3.8, 4) is 11.1 Å². The van der Waals surface area contributed by atoms with Crippen molar-refractivity contribution >= 4 is 48.8 Å². The van der Waals surface area contributed by atoms with Crippen LogP contribution in [0.25, 0.3) is 33.1 Å². The molecule has 0 amide bonds. The Kier molecular flexibility index (Phi) is 5.02. The fourth-order valence-corrected chi connectivity index (χ4v) is 4.88. The van der Waals surface area contributed by atoms with Gasteiger partial charge in [0.05, 0.1) is 21.6 Å². The molecule has 2 N–H and O–H groups in total. The number of hydrogen-bond donors (Lipinski definition) is 2. The molecule has 0 aliphatic rings. The highest BCUT2D eigenvalue weighted by Gasteiger charge is 2.16. The summed E-state index contributed by atoms with van der Waals surface area (Å²) < 4.78 is 26.9. The first-order valence-corrected chi connectivity index (χ1v) is 12.3. The highest BCUT2D eigenvalue weighted by molar-refractivity contribution is 7.90. The van der Waals surface area contributed by atoms with Gasteiger partial charge < -0.3 is 15.2 Å². The zero-order valence-corrected chi connectivity index (χ0v) is 19.3. The van der Waals surface area contributed by atoms with Gasteiger partial charge in [-0.3, -0.25) is 9.97 Å². The Hall–Kier alpha value is -3.91. The number of anilines is 3. The molecule has 0 atom stereocenters. The molecule has 0 saturated heterocycles. The minimum atomic E-state index is -3.43. The Morgan fingerprint density at radius 3 is 2.52 bits per heavy atom. The number of fused-ring (bicyclic) bond motifs is 2. The van der Waals surface area contributed by atoms with E-state index < -0.39 is 9.84 Å². The molecule has 2 aromatic heterocycles. The highest BCUT2D eigenvalue weighted by Crippen LogP contribution is 2.35. The number of aromatic nitrogens is 3. The van der Waals surface area contributed by atoms with Crippen LogP contribution in [0.15, 0.2) is 78.1 Å². The molecular formula is C25H23N5O2S. The third-order valence-electron chi connectivity index (χ3n) is 5.72. The number of rotatable bonds is 5.